The van der Waals surface area contributed by atoms with Crippen LogP contribution in [0.2, 0.25) is 0 Å². The van der Waals surface area contributed by atoms with E-state index in [0.29, 0.717) is 23.9 Å². The van der Waals surface area contributed by atoms with Crippen molar-refractivity contribution < 1.29 is 9.53 Å². The number of benzene rings is 1. The van der Waals surface area contributed by atoms with Gasteiger partial charge in [0.2, 0.25) is 5.91 Å². The molecule has 1 amide bonds. The lowest BCUT2D eigenvalue weighted by molar-refractivity contribution is -0.142. The molecule has 2 heterocycles. The molecular formula is C19H26N2O2. The van der Waals surface area contributed by atoms with Gasteiger partial charge in [0, 0.05) is 50.8 Å². The van der Waals surface area contributed by atoms with Crippen molar-refractivity contribution in [1.29, 1.82) is 0 Å². The number of carbonyl (C=O) groups excluding carboxylic acids is 1. The lowest BCUT2D eigenvalue weighted by Gasteiger charge is -2.49. The molecule has 1 saturated carbocycles. The molecule has 1 aromatic rings. The summed E-state index contributed by atoms with van der Waals surface area (Å²) in [6, 6.07) is 11.8. The maximum absolute atomic E-state index is 12.2. The summed E-state index contributed by atoms with van der Waals surface area (Å²) in [6.07, 6.45) is 4.43. The van der Waals surface area contributed by atoms with Gasteiger partial charge in [-0.25, -0.2) is 0 Å². The number of hydrogen-bond donors (Lipinski definition) is 0. The number of carbonyl (C=O) groups is 1. The van der Waals surface area contributed by atoms with Crippen molar-refractivity contribution >= 4 is 5.91 Å². The number of amides is 1. The van der Waals surface area contributed by atoms with Crippen LogP contribution >= 0.6 is 0 Å². The van der Waals surface area contributed by atoms with Crippen LogP contribution < -0.4 is 0 Å². The van der Waals surface area contributed by atoms with Crippen LogP contribution in [0.4, 0.5) is 0 Å². The average molecular weight is 314 g/mol. The topological polar surface area (TPSA) is 32.8 Å². The molecule has 0 atom stereocenters. The van der Waals surface area contributed by atoms with Crippen LogP contribution in [0.3, 0.4) is 0 Å². The van der Waals surface area contributed by atoms with E-state index in [2.05, 4.69) is 40.1 Å². The first-order chi connectivity index (χ1) is 11.3. The first-order valence-electron chi connectivity index (χ1n) is 8.97. The second-order valence-electron chi connectivity index (χ2n) is 7.17. The van der Waals surface area contributed by atoms with E-state index >= 15 is 0 Å². The van der Waals surface area contributed by atoms with Gasteiger partial charge in [0.1, 0.15) is 0 Å². The molecule has 0 bridgehead atoms. The normalized spacial score (nSPS) is 23.1. The van der Waals surface area contributed by atoms with Crippen molar-refractivity contribution in [2.45, 2.75) is 44.3 Å². The first kappa shape index (κ1) is 15.2. The summed E-state index contributed by atoms with van der Waals surface area (Å²) in [7, 11) is 0. The smallest absolute Gasteiger partial charge is 0.225 e. The fourth-order valence-electron chi connectivity index (χ4n) is 3.80. The summed E-state index contributed by atoms with van der Waals surface area (Å²) in [5.74, 6) is 0.745. The molecule has 1 aromatic carbocycles. The Balaban J connectivity index is 1.41. The molecular weight excluding hydrogens is 288 g/mol. The third-order valence-electron chi connectivity index (χ3n) is 5.44. The maximum atomic E-state index is 12.2. The Morgan fingerprint density at radius 1 is 1.04 bits per heavy atom. The Morgan fingerprint density at radius 2 is 1.74 bits per heavy atom. The van der Waals surface area contributed by atoms with Gasteiger partial charge in [-0.1, -0.05) is 30.3 Å². The highest BCUT2D eigenvalue weighted by atomic mass is 16.5. The van der Waals surface area contributed by atoms with Crippen LogP contribution in [-0.2, 0) is 16.1 Å². The van der Waals surface area contributed by atoms with E-state index < -0.39 is 0 Å². The Bertz CT molecular complexity index is 532. The molecule has 0 spiro atoms. The van der Waals surface area contributed by atoms with Gasteiger partial charge in [0.15, 0.2) is 0 Å². The highest BCUT2D eigenvalue weighted by molar-refractivity contribution is 5.81. The van der Waals surface area contributed by atoms with Crippen LogP contribution in [0.25, 0.3) is 0 Å². The molecule has 124 valence electrons. The van der Waals surface area contributed by atoms with Crippen LogP contribution in [-0.4, -0.2) is 54.1 Å². The largest absolute Gasteiger partial charge is 0.381 e. The Kier molecular flexibility index (Phi) is 4.36. The SMILES string of the molecule is O=C(C1CC1)N1CC(N(Cc2ccccc2)C2CCOCC2)C1. The summed E-state index contributed by atoms with van der Waals surface area (Å²) in [5.41, 5.74) is 1.37. The number of likely N-dealkylation sites (tertiary alicyclic amines) is 1. The predicted octanol–water partition coefficient (Wildman–Crippen LogP) is 2.29. The minimum atomic E-state index is 0.349. The van der Waals surface area contributed by atoms with E-state index in [9.17, 15) is 4.79 Å². The second kappa shape index (κ2) is 6.62. The van der Waals surface area contributed by atoms with Crippen molar-refractivity contribution in [1.82, 2.24) is 9.80 Å². The predicted molar refractivity (Wildman–Crippen MR) is 88.9 cm³/mol. The first-order valence-corrected chi connectivity index (χ1v) is 8.97. The minimum Gasteiger partial charge on any atom is -0.381 e. The van der Waals surface area contributed by atoms with Crippen molar-refractivity contribution in [3.63, 3.8) is 0 Å². The molecule has 4 rings (SSSR count). The zero-order valence-corrected chi connectivity index (χ0v) is 13.7. The zero-order valence-electron chi connectivity index (χ0n) is 13.7. The fraction of sp³-hybridized carbons (Fsp3) is 0.632. The van der Waals surface area contributed by atoms with Gasteiger partial charge >= 0.3 is 0 Å². The number of rotatable bonds is 5. The molecule has 23 heavy (non-hydrogen) atoms. The molecule has 3 fully saturated rings. The summed E-state index contributed by atoms with van der Waals surface area (Å²) >= 11 is 0. The van der Waals surface area contributed by atoms with Crippen molar-refractivity contribution in [3.8, 4) is 0 Å². The van der Waals surface area contributed by atoms with Crippen molar-refractivity contribution in [2.24, 2.45) is 5.92 Å². The molecule has 0 radical (unpaired) electrons. The molecule has 1 aliphatic carbocycles. The summed E-state index contributed by atoms with van der Waals surface area (Å²) < 4.78 is 5.54. The standard InChI is InChI=1S/C19H26N2O2/c22-19(16-6-7-16)20-13-18(14-20)21(17-8-10-23-11-9-17)12-15-4-2-1-3-5-15/h1-5,16-18H,6-14H2. The molecule has 4 heteroatoms. The molecule has 0 N–H and O–H groups in total. The fourth-order valence-corrected chi connectivity index (χ4v) is 3.80. The third-order valence-corrected chi connectivity index (χ3v) is 5.44. The Hall–Kier alpha value is -1.39. The van der Waals surface area contributed by atoms with Crippen molar-refractivity contribution in [2.75, 3.05) is 26.3 Å². The Labute approximate surface area is 138 Å². The number of nitrogens with zero attached hydrogens (tertiary/aromatic N) is 2. The van der Waals surface area contributed by atoms with E-state index in [0.717, 1.165) is 58.5 Å². The van der Waals surface area contributed by atoms with E-state index in [-0.39, 0.29) is 0 Å². The molecule has 3 aliphatic rings. The van der Waals surface area contributed by atoms with E-state index in [1.165, 1.54) is 5.56 Å². The lowest BCUT2D eigenvalue weighted by Crippen LogP contribution is -2.63. The monoisotopic (exact) mass is 314 g/mol. The quantitative estimate of drug-likeness (QED) is 0.836. The lowest BCUT2D eigenvalue weighted by atomic mass is 9.98. The second-order valence-corrected chi connectivity index (χ2v) is 7.17. The highest BCUT2D eigenvalue weighted by Crippen LogP contribution is 2.34. The van der Waals surface area contributed by atoms with Gasteiger partial charge in [-0.3, -0.25) is 9.69 Å². The third kappa shape index (κ3) is 3.43. The van der Waals surface area contributed by atoms with Crippen LogP contribution in [0.15, 0.2) is 30.3 Å². The van der Waals surface area contributed by atoms with Crippen molar-refractivity contribution in [3.05, 3.63) is 35.9 Å². The van der Waals surface area contributed by atoms with E-state index in [1.807, 2.05) is 0 Å². The zero-order chi connectivity index (χ0) is 15.6. The molecule has 4 nitrogen and oxygen atoms in total. The molecule has 2 saturated heterocycles. The van der Waals surface area contributed by atoms with Gasteiger partial charge in [0.25, 0.3) is 0 Å². The van der Waals surface area contributed by atoms with Crippen LogP contribution in [0.1, 0.15) is 31.2 Å². The Morgan fingerprint density at radius 3 is 2.39 bits per heavy atom. The summed E-state index contributed by atoms with van der Waals surface area (Å²) in [6.45, 7) is 4.56. The summed E-state index contributed by atoms with van der Waals surface area (Å²) in [5, 5.41) is 0. The van der Waals surface area contributed by atoms with Crippen LogP contribution in [0.5, 0.6) is 0 Å². The number of ether oxygens (including phenoxy) is 1. The molecule has 0 aromatic heterocycles. The number of hydrogen-bond acceptors (Lipinski definition) is 3. The maximum Gasteiger partial charge on any atom is 0.225 e. The molecule has 0 unspecified atom stereocenters. The highest BCUT2D eigenvalue weighted by Gasteiger charge is 2.42. The minimum absolute atomic E-state index is 0.349. The van der Waals surface area contributed by atoms with Crippen LogP contribution in [0, 0.1) is 5.92 Å². The average Bonchev–Trinajstić information content (AvgIpc) is 3.39. The molecule has 2 aliphatic heterocycles. The van der Waals surface area contributed by atoms with E-state index in [1.54, 1.807) is 0 Å². The van der Waals surface area contributed by atoms with Gasteiger partial charge in [-0.05, 0) is 31.2 Å². The van der Waals surface area contributed by atoms with E-state index in [4.69, 9.17) is 4.74 Å². The van der Waals surface area contributed by atoms with Gasteiger partial charge in [-0.15, -0.1) is 0 Å². The summed E-state index contributed by atoms with van der Waals surface area (Å²) in [4.78, 5) is 16.9. The van der Waals surface area contributed by atoms with Gasteiger partial charge in [-0.2, -0.15) is 0 Å². The van der Waals surface area contributed by atoms with Gasteiger partial charge < -0.3 is 9.64 Å². The van der Waals surface area contributed by atoms with Gasteiger partial charge in [0.05, 0.1) is 0 Å².